The van der Waals surface area contributed by atoms with Gasteiger partial charge in [-0.15, -0.1) is 0 Å². The lowest BCUT2D eigenvalue weighted by molar-refractivity contribution is -0.384. The molecule has 1 aromatic heterocycles. The third-order valence-corrected chi connectivity index (χ3v) is 6.54. The molecule has 37 heavy (non-hydrogen) atoms. The highest BCUT2D eigenvalue weighted by molar-refractivity contribution is 5.73. The molecule has 4 heterocycles. The average molecular weight is 513 g/mol. The molecule has 2 aromatic rings. The maximum Gasteiger partial charge on any atom is 0.513 e. The van der Waals surface area contributed by atoms with Crippen LogP contribution in [0.5, 0.6) is 0 Å². The number of hydrogen-bond donors (Lipinski definition) is 1. The number of anilines is 3. The van der Waals surface area contributed by atoms with Gasteiger partial charge in [0.25, 0.3) is 5.69 Å². The van der Waals surface area contributed by atoms with Gasteiger partial charge in [-0.1, -0.05) is 12.1 Å². The molecule has 0 bridgehead atoms. The number of nitro groups is 1. The Bertz CT molecular complexity index is 1210. The fraction of sp³-hybridized carbons (Fsp3) is 0.458. The van der Waals surface area contributed by atoms with Gasteiger partial charge in [-0.3, -0.25) is 10.1 Å². The van der Waals surface area contributed by atoms with Crippen molar-refractivity contribution in [3.05, 3.63) is 57.0 Å². The van der Waals surface area contributed by atoms with Gasteiger partial charge in [-0.25, -0.2) is 4.79 Å². The van der Waals surface area contributed by atoms with Crippen molar-refractivity contribution >= 4 is 29.4 Å². The van der Waals surface area contributed by atoms with Crippen molar-refractivity contribution in [1.82, 2.24) is 9.97 Å². The summed E-state index contributed by atoms with van der Waals surface area (Å²) in [5, 5.41) is 14.6. The zero-order valence-corrected chi connectivity index (χ0v) is 20.6. The summed E-state index contributed by atoms with van der Waals surface area (Å²) in [5.41, 5.74) is 1.92. The second-order valence-corrected chi connectivity index (χ2v) is 8.76. The summed E-state index contributed by atoms with van der Waals surface area (Å²) in [6.45, 7) is 6.61. The summed E-state index contributed by atoms with van der Waals surface area (Å²) >= 11 is 0. The summed E-state index contributed by atoms with van der Waals surface area (Å²) in [6, 6.07) is 6.18. The number of hydrogen-bond acceptors (Lipinski definition) is 12. The molecule has 1 unspecified atom stereocenters. The van der Waals surface area contributed by atoms with Gasteiger partial charge in [0.05, 0.1) is 55.6 Å². The Balaban J connectivity index is 1.68. The molecule has 196 valence electrons. The van der Waals surface area contributed by atoms with Crippen LogP contribution in [0.15, 0.2) is 35.7 Å². The van der Waals surface area contributed by atoms with Crippen LogP contribution in [0.1, 0.15) is 24.0 Å². The molecule has 3 aliphatic rings. The van der Waals surface area contributed by atoms with Crippen LogP contribution in [0.25, 0.3) is 0 Å². The number of nitrogens with zero attached hydrogens (tertiary/aromatic N) is 5. The number of nitro benzene ring substituents is 1. The van der Waals surface area contributed by atoms with Gasteiger partial charge in [-0.2, -0.15) is 9.97 Å². The predicted molar refractivity (Wildman–Crippen MR) is 133 cm³/mol. The first kappa shape index (κ1) is 24.7. The second-order valence-electron chi connectivity index (χ2n) is 8.76. The maximum absolute atomic E-state index is 12.2. The molecule has 0 aliphatic carbocycles. The van der Waals surface area contributed by atoms with E-state index in [0.29, 0.717) is 92.8 Å². The minimum absolute atomic E-state index is 0.0404. The molecular weight excluding hydrogens is 484 g/mol. The van der Waals surface area contributed by atoms with E-state index in [-0.39, 0.29) is 5.69 Å². The zero-order valence-electron chi connectivity index (χ0n) is 20.6. The molecule has 1 N–H and O–H groups in total. The lowest BCUT2D eigenvalue weighted by atomic mass is 9.86. The normalized spacial score (nSPS) is 19.7. The van der Waals surface area contributed by atoms with Crippen molar-refractivity contribution in [2.45, 2.75) is 12.8 Å². The van der Waals surface area contributed by atoms with Crippen molar-refractivity contribution in [3.63, 3.8) is 0 Å². The lowest BCUT2D eigenvalue weighted by Gasteiger charge is -2.36. The Kier molecular flexibility index (Phi) is 7.06. The monoisotopic (exact) mass is 512 g/mol. The molecule has 2 fully saturated rings. The van der Waals surface area contributed by atoms with E-state index in [0.717, 1.165) is 0 Å². The van der Waals surface area contributed by atoms with Gasteiger partial charge in [0.15, 0.2) is 0 Å². The molecule has 0 spiro atoms. The van der Waals surface area contributed by atoms with Crippen LogP contribution in [0.3, 0.4) is 0 Å². The van der Waals surface area contributed by atoms with E-state index in [1.807, 2.05) is 0 Å². The first-order valence-corrected chi connectivity index (χ1v) is 12.0. The number of allylic oxidation sites excluding steroid dienone is 2. The largest absolute Gasteiger partial charge is 0.513 e. The maximum atomic E-state index is 12.2. The number of carbonyl (C=O) groups is 1. The zero-order chi connectivity index (χ0) is 25.9. The molecule has 0 amide bonds. The Morgan fingerprint density at radius 2 is 1.68 bits per heavy atom. The van der Waals surface area contributed by atoms with Crippen molar-refractivity contribution in [3.8, 4) is 0 Å². The van der Waals surface area contributed by atoms with Crippen molar-refractivity contribution in [2.24, 2.45) is 0 Å². The van der Waals surface area contributed by atoms with E-state index in [1.165, 1.54) is 19.2 Å². The highest BCUT2D eigenvalue weighted by Gasteiger charge is 2.38. The van der Waals surface area contributed by atoms with Crippen LogP contribution in [0.2, 0.25) is 0 Å². The van der Waals surface area contributed by atoms with Gasteiger partial charge in [0, 0.05) is 38.3 Å². The number of carbonyl (C=O) groups excluding carboxylic acids is 1. The van der Waals surface area contributed by atoms with Gasteiger partial charge < -0.3 is 34.1 Å². The molecule has 1 atom stereocenters. The van der Waals surface area contributed by atoms with E-state index >= 15 is 0 Å². The number of aromatic nitrogens is 2. The predicted octanol–water partition coefficient (Wildman–Crippen LogP) is 2.63. The molecule has 0 saturated carbocycles. The highest BCUT2D eigenvalue weighted by Crippen LogP contribution is 2.46. The summed E-state index contributed by atoms with van der Waals surface area (Å²) < 4.78 is 21.5. The number of fused-ring (bicyclic) bond motifs is 1. The molecule has 13 heteroatoms. The van der Waals surface area contributed by atoms with E-state index in [9.17, 15) is 14.9 Å². The van der Waals surface area contributed by atoms with E-state index < -0.39 is 17.0 Å². The number of methoxy groups -OCH3 is 1. The summed E-state index contributed by atoms with van der Waals surface area (Å²) in [5.74, 6) is 1.53. The van der Waals surface area contributed by atoms with E-state index in [2.05, 4.69) is 15.1 Å². The average Bonchev–Trinajstić information content (AvgIpc) is 2.93. The van der Waals surface area contributed by atoms with Crippen molar-refractivity contribution in [1.29, 1.82) is 0 Å². The molecular formula is C24H28N6O7. The smallest absolute Gasteiger partial charge is 0.437 e. The summed E-state index contributed by atoms with van der Waals surface area (Å²) in [4.78, 5) is 37.1. The van der Waals surface area contributed by atoms with Gasteiger partial charge in [-0.05, 0) is 12.5 Å². The molecule has 0 radical (unpaired) electrons. The fourth-order valence-corrected chi connectivity index (χ4v) is 4.69. The summed E-state index contributed by atoms with van der Waals surface area (Å²) in [7, 11) is 1.24. The van der Waals surface area contributed by atoms with Crippen molar-refractivity contribution in [2.75, 3.05) is 74.8 Å². The van der Waals surface area contributed by atoms with Crippen LogP contribution in [0.4, 0.5) is 28.1 Å². The second kappa shape index (κ2) is 10.6. The van der Waals surface area contributed by atoms with Crippen LogP contribution < -0.4 is 15.1 Å². The van der Waals surface area contributed by atoms with Crippen LogP contribution in [0, 0.1) is 10.1 Å². The number of rotatable bonds is 5. The number of benzene rings is 1. The van der Waals surface area contributed by atoms with Gasteiger partial charge in [0.1, 0.15) is 17.4 Å². The van der Waals surface area contributed by atoms with Crippen LogP contribution in [-0.4, -0.2) is 80.8 Å². The molecule has 3 aliphatic heterocycles. The number of ether oxygens (including phenoxy) is 4. The molecule has 1 aromatic carbocycles. The van der Waals surface area contributed by atoms with Crippen LogP contribution in [-0.2, 0) is 18.9 Å². The number of non-ortho nitro benzene ring substituents is 1. The van der Waals surface area contributed by atoms with Crippen LogP contribution >= 0.6 is 0 Å². The minimum Gasteiger partial charge on any atom is -0.437 e. The Hall–Kier alpha value is -3.97. The van der Waals surface area contributed by atoms with Gasteiger partial charge in [0.2, 0.25) is 5.95 Å². The number of nitrogens with one attached hydrogen (secondary N) is 1. The number of morpholine rings is 2. The standard InChI is InChI=1S/C24H28N6O7/c1-15-20(37-24(31)34-2)18(16-3-5-17(6-4-16)30(32)33)19-21(25-15)26-23(29-9-13-36-14-10-29)27-22(19)28-7-11-35-12-8-28/h3-6,18H,7-14H2,1-2H3,(H,25,26,27). The molecule has 2 saturated heterocycles. The van der Waals surface area contributed by atoms with Crippen molar-refractivity contribution < 1.29 is 28.7 Å². The topological polar surface area (TPSA) is 141 Å². The Morgan fingerprint density at radius 1 is 1.05 bits per heavy atom. The van der Waals surface area contributed by atoms with E-state index in [1.54, 1.807) is 19.1 Å². The summed E-state index contributed by atoms with van der Waals surface area (Å²) in [6.07, 6.45) is -0.870. The van der Waals surface area contributed by atoms with Gasteiger partial charge >= 0.3 is 6.16 Å². The Morgan fingerprint density at radius 3 is 2.27 bits per heavy atom. The Labute approximate surface area is 213 Å². The molecule has 13 nitrogen and oxygen atoms in total. The fourth-order valence-electron chi connectivity index (χ4n) is 4.69. The molecule has 5 rings (SSSR count). The quantitative estimate of drug-likeness (QED) is 0.357. The third-order valence-electron chi connectivity index (χ3n) is 6.54. The lowest BCUT2D eigenvalue weighted by Crippen LogP contribution is -2.41. The minimum atomic E-state index is -0.870. The first-order valence-electron chi connectivity index (χ1n) is 12.0. The van der Waals surface area contributed by atoms with E-state index in [4.69, 9.17) is 28.9 Å². The SMILES string of the molecule is COC(=O)OC1=C(C)Nc2nc(N3CCOCC3)nc(N3CCOCC3)c2C1c1ccc([N+](=O)[O-])cc1. The third kappa shape index (κ3) is 5.00. The first-order chi connectivity index (χ1) is 18.0. The highest BCUT2D eigenvalue weighted by atomic mass is 16.7.